The maximum Gasteiger partial charge on any atom is 0.274 e. The summed E-state index contributed by atoms with van der Waals surface area (Å²) in [7, 11) is -17.6. The molecule has 0 aromatic carbocycles. The van der Waals surface area contributed by atoms with Gasteiger partial charge in [-0.1, -0.05) is 32.5 Å². The third kappa shape index (κ3) is 14.6. The third-order valence-corrected chi connectivity index (χ3v) is 11.5. The van der Waals surface area contributed by atoms with Crippen LogP contribution in [0.4, 0.5) is 5.82 Å². The van der Waals surface area contributed by atoms with E-state index in [2.05, 4.69) is 43.5 Å². The zero-order valence-corrected chi connectivity index (χ0v) is 33.4. The van der Waals surface area contributed by atoms with Gasteiger partial charge in [-0.2, -0.15) is 0 Å². The van der Waals surface area contributed by atoms with Gasteiger partial charge in [0.05, 0.1) is 33.8 Å². The number of carbonyl (C=O) groups excluding carboxylic acids is 4. The lowest BCUT2D eigenvalue weighted by Crippen LogP contribution is -2.46. The zero-order valence-electron chi connectivity index (χ0n) is 29.9. The first-order chi connectivity index (χ1) is 25.9. The molecule has 1 aliphatic heterocycles. The van der Waals surface area contributed by atoms with E-state index in [1.165, 1.54) is 13.8 Å². The van der Waals surface area contributed by atoms with Gasteiger partial charge >= 0.3 is 0 Å². The highest BCUT2D eigenvalue weighted by atomic mass is 32.2. The van der Waals surface area contributed by atoms with Crippen LogP contribution in [0, 0.1) is 5.41 Å². The second-order valence-electron chi connectivity index (χ2n) is 12.7. The molecule has 3 rings (SSSR count). The Labute approximate surface area is 322 Å². The zero-order chi connectivity index (χ0) is 42.1. The van der Waals surface area contributed by atoms with Gasteiger partial charge in [0.25, 0.3) is 15.6 Å². The number of nitrogens with zero attached hydrogens (tertiary/aromatic N) is 4. The summed E-state index contributed by atoms with van der Waals surface area (Å²) >= 11 is 0.892. The molecule has 0 aliphatic carbocycles. The van der Waals surface area contributed by atoms with Crippen molar-refractivity contribution >= 4 is 74.9 Å². The fourth-order valence-corrected chi connectivity index (χ4v) is 8.28. The number of hydrogen-bond donors (Lipinski definition) is 5. The van der Waals surface area contributed by atoms with Gasteiger partial charge in [-0.25, -0.2) is 19.3 Å². The number of nitrogens with two attached hydrogens (primary N) is 1. The number of amides is 2. The van der Waals surface area contributed by atoms with Crippen LogP contribution < -0.4 is 35.9 Å². The standard InChI is InChI=1S/C27H44N7O18P3S/c1-4-5-15(35)10-18(37)56-9-8-29-17(36)6-7-30-25(40)22(39)27(2,3)12-49-55(46,47)52-54(44,45)48-11-16-21(51-53(41,42)43)20(38)26(50-16)34-14-33-19-23(28)31-13-32-24(19)34/h13-14,16,20-22,26,38-39H,4-12H2,1-3H3,(H,29,36)(H,30,40)(H,44,45)(H,46,47)(H2,28,31,32)(H2,41,42,43)/p-4/t16-,20-,21-,22+,26-/m1/s1. The summed E-state index contributed by atoms with van der Waals surface area (Å²) in [5.41, 5.74) is 4.03. The molecule has 1 fully saturated rings. The SMILES string of the molecule is CCCC(=O)CC(=O)SCCNC(=O)CCNC(=O)[C@H](O)C(C)(C)COP(=O)([O-])OP(=O)([O-])OC[C@H]1O[C@@H](n2cnc3c(N)ncnc32)[C@H](O)[C@@H]1OP(=O)([O-])[O-]. The van der Waals surface area contributed by atoms with Crippen LogP contribution in [0.15, 0.2) is 12.7 Å². The van der Waals surface area contributed by atoms with Crippen LogP contribution in [0.25, 0.3) is 11.2 Å². The van der Waals surface area contributed by atoms with Gasteiger partial charge in [0, 0.05) is 37.1 Å². The van der Waals surface area contributed by atoms with Crippen LogP contribution in [0.3, 0.4) is 0 Å². The fourth-order valence-electron chi connectivity index (χ4n) is 4.85. The molecule has 2 aromatic rings. The average Bonchev–Trinajstić information content (AvgIpc) is 3.64. The highest BCUT2D eigenvalue weighted by Crippen LogP contribution is 2.56. The second-order valence-corrected chi connectivity index (χ2v) is 17.9. The van der Waals surface area contributed by atoms with E-state index in [0.29, 0.717) is 12.8 Å². The molecular formula is C27H40N7O18P3S-4. The van der Waals surface area contributed by atoms with Crippen molar-refractivity contribution in [2.24, 2.45) is 5.41 Å². The molecule has 0 saturated carbocycles. The fraction of sp³-hybridized carbons (Fsp3) is 0.667. The Kier molecular flexibility index (Phi) is 17.2. The van der Waals surface area contributed by atoms with Gasteiger partial charge < -0.3 is 69.0 Å². The maximum absolute atomic E-state index is 12.5. The number of aliphatic hydroxyl groups excluding tert-OH is 2. The summed E-state index contributed by atoms with van der Waals surface area (Å²) in [5.74, 6) is -1.59. The Morgan fingerprint density at radius 3 is 2.39 bits per heavy atom. The molecule has 25 nitrogen and oxygen atoms in total. The van der Waals surface area contributed by atoms with Gasteiger partial charge in [-0.15, -0.1) is 0 Å². The summed E-state index contributed by atoms with van der Waals surface area (Å²) in [6.45, 7) is 1.73. The number of nitrogen functional groups attached to an aromatic ring is 1. The molecule has 6 N–H and O–H groups in total. The summed E-state index contributed by atoms with van der Waals surface area (Å²) < 4.78 is 60.4. The number of Topliss-reactive ketones (excluding diaryl/α,β-unsaturated/α-hetero) is 1. The van der Waals surface area contributed by atoms with Gasteiger partial charge in [0.15, 0.2) is 22.8 Å². The van der Waals surface area contributed by atoms with Crippen LogP contribution in [-0.2, 0) is 55.5 Å². The minimum absolute atomic E-state index is 0.0273. The first kappa shape index (κ1) is 47.6. The Bertz CT molecular complexity index is 1860. The summed E-state index contributed by atoms with van der Waals surface area (Å²) in [6.07, 6.45) is -6.95. The van der Waals surface area contributed by atoms with Gasteiger partial charge in [-0.05, 0) is 6.42 Å². The Hall–Kier alpha value is -2.77. The lowest BCUT2D eigenvalue weighted by atomic mass is 9.87. The van der Waals surface area contributed by atoms with Crippen molar-refractivity contribution in [2.75, 3.05) is 37.8 Å². The van der Waals surface area contributed by atoms with E-state index in [9.17, 15) is 62.7 Å². The van der Waals surface area contributed by atoms with Crippen molar-refractivity contribution in [3.63, 3.8) is 0 Å². The van der Waals surface area contributed by atoms with Gasteiger partial charge in [0.2, 0.25) is 11.8 Å². The number of nitrogens with one attached hydrogen (secondary N) is 2. The highest BCUT2D eigenvalue weighted by molar-refractivity contribution is 8.13. The number of thioether (sulfide) groups is 1. The molecule has 1 aliphatic rings. The molecule has 1 saturated heterocycles. The molecule has 29 heteroatoms. The first-order valence-corrected chi connectivity index (χ1v) is 21.8. The summed E-state index contributed by atoms with van der Waals surface area (Å²) in [6, 6.07) is 0. The van der Waals surface area contributed by atoms with Crippen LogP contribution in [-0.4, -0.2) is 109 Å². The smallest absolute Gasteiger partial charge is 0.274 e. The maximum atomic E-state index is 12.5. The van der Waals surface area contributed by atoms with Crippen LogP contribution >= 0.6 is 35.2 Å². The molecule has 56 heavy (non-hydrogen) atoms. The molecule has 2 aromatic heterocycles. The lowest BCUT2D eigenvalue weighted by molar-refractivity contribution is -0.347. The van der Waals surface area contributed by atoms with Crippen LogP contribution in [0.1, 0.15) is 52.7 Å². The van der Waals surface area contributed by atoms with E-state index < -0.39 is 84.6 Å². The van der Waals surface area contributed by atoms with E-state index in [-0.39, 0.29) is 59.6 Å². The minimum Gasteiger partial charge on any atom is -0.790 e. The number of fused-ring (bicyclic) bond motifs is 1. The van der Waals surface area contributed by atoms with Crippen molar-refractivity contribution < 1.29 is 85.3 Å². The average molecular weight is 876 g/mol. The summed E-state index contributed by atoms with van der Waals surface area (Å²) in [5, 5.41) is 25.8. The normalized spacial score (nSPS) is 21.6. The number of rotatable bonds is 23. The number of aromatic nitrogens is 4. The minimum atomic E-state index is -5.92. The molecule has 0 bridgehead atoms. The highest BCUT2D eigenvalue weighted by Gasteiger charge is 2.47. The molecule has 0 spiro atoms. The Morgan fingerprint density at radius 1 is 1.05 bits per heavy atom. The van der Waals surface area contributed by atoms with E-state index in [0.717, 1.165) is 29.0 Å². The van der Waals surface area contributed by atoms with Crippen LogP contribution in [0.5, 0.6) is 0 Å². The van der Waals surface area contributed by atoms with Crippen molar-refractivity contribution in [1.29, 1.82) is 0 Å². The molecule has 316 valence electrons. The van der Waals surface area contributed by atoms with Crippen molar-refractivity contribution in [1.82, 2.24) is 30.2 Å². The number of phosphoric ester groups is 3. The van der Waals surface area contributed by atoms with E-state index in [1.807, 2.05) is 6.92 Å². The van der Waals surface area contributed by atoms with E-state index in [4.69, 9.17) is 10.5 Å². The van der Waals surface area contributed by atoms with Gasteiger partial charge in [0.1, 0.15) is 42.0 Å². The topological polar surface area (TPSA) is 392 Å². The number of aliphatic hydroxyl groups is 2. The first-order valence-electron chi connectivity index (χ1n) is 16.4. The predicted molar refractivity (Wildman–Crippen MR) is 183 cm³/mol. The largest absolute Gasteiger partial charge is 0.790 e. The van der Waals surface area contributed by atoms with Gasteiger partial charge in [-0.3, -0.25) is 32.9 Å². The Morgan fingerprint density at radius 2 is 1.73 bits per heavy atom. The molecular weight excluding hydrogens is 835 g/mol. The predicted octanol–water partition coefficient (Wildman–Crippen LogP) is -3.10. The molecule has 7 atom stereocenters. The number of carbonyl (C=O) groups is 4. The Balaban J connectivity index is 1.48. The third-order valence-electron chi connectivity index (χ3n) is 7.61. The summed E-state index contributed by atoms with van der Waals surface area (Å²) in [4.78, 5) is 107. The molecule has 2 amide bonds. The number of anilines is 1. The number of ketones is 1. The molecule has 2 unspecified atom stereocenters. The van der Waals surface area contributed by atoms with Crippen molar-refractivity contribution in [3.05, 3.63) is 12.7 Å². The van der Waals surface area contributed by atoms with Crippen molar-refractivity contribution in [2.45, 2.75) is 77.1 Å². The lowest BCUT2D eigenvalue weighted by Gasteiger charge is -2.36. The monoisotopic (exact) mass is 875 g/mol. The van der Waals surface area contributed by atoms with Crippen LogP contribution in [0.2, 0.25) is 0 Å². The van der Waals surface area contributed by atoms with E-state index in [1.54, 1.807) is 0 Å². The van der Waals surface area contributed by atoms with Crippen molar-refractivity contribution in [3.8, 4) is 0 Å². The number of ether oxygens (including phenoxy) is 1. The van der Waals surface area contributed by atoms with E-state index >= 15 is 0 Å². The molecule has 3 heterocycles. The number of hydrogen-bond acceptors (Lipinski definition) is 23. The number of phosphoric acid groups is 3. The second kappa shape index (κ2) is 20.3. The number of imidazole rings is 1. The quantitative estimate of drug-likeness (QED) is 0.0419. The molecule has 0 radical (unpaired) electrons.